The highest BCUT2D eigenvalue weighted by Crippen LogP contribution is 2.33. The summed E-state index contributed by atoms with van der Waals surface area (Å²) in [6, 6.07) is 5.43. The van der Waals surface area contributed by atoms with Crippen LogP contribution in [0, 0.1) is 18.7 Å². The number of hydrogen-bond acceptors (Lipinski definition) is 2. The minimum atomic E-state index is -0.139. The van der Waals surface area contributed by atoms with Crippen molar-refractivity contribution >= 4 is 0 Å². The molecule has 1 heterocycles. The summed E-state index contributed by atoms with van der Waals surface area (Å²) in [4.78, 5) is 0. The van der Waals surface area contributed by atoms with Crippen LogP contribution in [0.15, 0.2) is 18.2 Å². The maximum atomic E-state index is 13.6. The van der Waals surface area contributed by atoms with Crippen molar-refractivity contribution in [2.75, 3.05) is 20.2 Å². The molecule has 2 nitrogen and oxygen atoms in total. The van der Waals surface area contributed by atoms with Crippen molar-refractivity contribution in [1.82, 2.24) is 5.32 Å². The van der Waals surface area contributed by atoms with Crippen molar-refractivity contribution < 1.29 is 9.13 Å². The Morgan fingerprint density at radius 2 is 2.29 bits per heavy atom. The SMILES string of the molecule is CNCC1CCCOC1c1ccc(C)c(F)c1. The molecule has 3 heteroatoms. The lowest BCUT2D eigenvalue weighted by Gasteiger charge is -2.32. The van der Waals surface area contributed by atoms with Gasteiger partial charge in [0.05, 0.1) is 6.10 Å². The number of aryl methyl sites for hydroxylation is 1. The molecular weight excluding hydrogens is 217 g/mol. The molecule has 0 amide bonds. The minimum Gasteiger partial charge on any atom is -0.373 e. The molecule has 1 aromatic rings. The fourth-order valence-corrected chi connectivity index (χ4v) is 2.47. The zero-order valence-electron chi connectivity index (χ0n) is 10.5. The van der Waals surface area contributed by atoms with Gasteiger partial charge in [0.1, 0.15) is 5.82 Å². The first kappa shape index (κ1) is 12.5. The second-order valence-electron chi connectivity index (χ2n) is 4.76. The third-order valence-corrected chi connectivity index (χ3v) is 3.44. The number of ether oxygens (including phenoxy) is 1. The summed E-state index contributed by atoms with van der Waals surface area (Å²) in [6.07, 6.45) is 2.27. The van der Waals surface area contributed by atoms with Crippen molar-refractivity contribution in [3.8, 4) is 0 Å². The quantitative estimate of drug-likeness (QED) is 0.872. The molecule has 0 saturated carbocycles. The van der Waals surface area contributed by atoms with Crippen LogP contribution in [-0.2, 0) is 4.74 Å². The normalized spacial score (nSPS) is 24.9. The third-order valence-electron chi connectivity index (χ3n) is 3.44. The molecule has 0 aliphatic carbocycles. The minimum absolute atomic E-state index is 0.0336. The molecule has 17 heavy (non-hydrogen) atoms. The molecule has 1 aromatic carbocycles. The molecule has 0 spiro atoms. The Balaban J connectivity index is 2.20. The molecule has 2 atom stereocenters. The third kappa shape index (κ3) is 2.85. The Morgan fingerprint density at radius 1 is 1.47 bits per heavy atom. The van der Waals surface area contributed by atoms with Gasteiger partial charge in [-0.05, 0) is 44.0 Å². The van der Waals surface area contributed by atoms with Gasteiger partial charge < -0.3 is 10.1 Å². The standard InChI is InChI=1S/C14H20FNO/c1-10-5-6-11(8-13(10)15)14-12(9-16-2)4-3-7-17-14/h5-6,8,12,14,16H,3-4,7,9H2,1-2H3. The van der Waals surface area contributed by atoms with E-state index in [4.69, 9.17) is 4.74 Å². The predicted molar refractivity (Wildman–Crippen MR) is 66.5 cm³/mol. The smallest absolute Gasteiger partial charge is 0.126 e. The Bertz CT molecular complexity index is 378. The molecule has 0 aromatic heterocycles. The van der Waals surface area contributed by atoms with E-state index >= 15 is 0 Å². The molecule has 0 bridgehead atoms. The number of benzene rings is 1. The van der Waals surface area contributed by atoms with Gasteiger partial charge in [0.15, 0.2) is 0 Å². The van der Waals surface area contributed by atoms with Crippen LogP contribution in [0.3, 0.4) is 0 Å². The molecule has 1 fully saturated rings. The van der Waals surface area contributed by atoms with E-state index < -0.39 is 0 Å². The zero-order valence-corrected chi connectivity index (χ0v) is 10.5. The second-order valence-corrected chi connectivity index (χ2v) is 4.76. The van der Waals surface area contributed by atoms with E-state index in [0.29, 0.717) is 11.5 Å². The average Bonchev–Trinajstić information content (AvgIpc) is 2.34. The summed E-state index contributed by atoms with van der Waals surface area (Å²) >= 11 is 0. The van der Waals surface area contributed by atoms with Gasteiger partial charge in [-0.1, -0.05) is 12.1 Å². The maximum Gasteiger partial charge on any atom is 0.126 e. The highest BCUT2D eigenvalue weighted by Gasteiger charge is 2.27. The lowest BCUT2D eigenvalue weighted by molar-refractivity contribution is -0.0274. The van der Waals surface area contributed by atoms with E-state index in [1.807, 2.05) is 19.2 Å². The van der Waals surface area contributed by atoms with E-state index in [1.54, 1.807) is 13.0 Å². The van der Waals surface area contributed by atoms with E-state index in [1.165, 1.54) is 0 Å². The van der Waals surface area contributed by atoms with E-state index in [2.05, 4.69) is 5.32 Å². The van der Waals surface area contributed by atoms with E-state index in [0.717, 1.165) is 31.6 Å². The lowest BCUT2D eigenvalue weighted by Crippen LogP contribution is -2.30. The first-order chi connectivity index (χ1) is 8.22. The Labute approximate surface area is 102 Å². The summed E-state index contributed by atoms with van der Waals surface area (Å²) in [7, 11) is 1.95. The summed E-state index contributed by atoms with van der Waals surface area (Å²) < 4.78 is 19.4. The van der Waals surface area contributed by atoms with Gasteiger partial charge in [0.2, 0.25) is 0 Å². The Kier molecular flexibility index (Phi) is 4.13. The highest BCUT2D eigenvalue weighted by molar-refractivity contribution is 5.25. The van der Waals surface area contributed by atoms with Crippen LogP contribution >= 0.6 is 0 Å². The largest absolute Gasteiger partial charge is 0.373 e. The van der Waals surface area contributed by atoms with Crippen molar-refractivity contribution in [2.24, 2.45) is 5.92 Å². The second kappa shape index (κ2) is 5.61. The lowest BCUT2D eigenvalue weighted by atomic mass is 9.89. The monoisotopic (exact) mass is 237 g/mol. The summed E-state index contributed by atoms with van der Waals surface area (Å²) in [6.45, 7) is 3.48. The molecule has 1 N–H and O–H groups in total. The number of rotatable bonds is 3. The molecule has 1 aliphatic rings. The van der Waals surface area contributed by atoms with Crippen molar-refractivity contribution in [2.45, 2.75) is 25.9 Å². The average molecular weight is 237 g/mol. The van der Waals surface area contributed by atoms with Crippen LogP contribution in [0.25, 0.3) is 0 Å². The first-order valence-corrected chi connectivity index (χ1v) is 6.24. The van der Waals surface area contributed by atoms with Gasteiger partial charge in [0, 0.05) is 19.1 Å². The van der Waals surface area contributed by atoms with Gasteiger partial charge in [-0.2, -0.15) is 0 Å². The number of halogens is 1. The Hall–Kier alpha value is -0.930. The summed E-state index contributed by atoms with van der Waals surface area (Å²) in [5.74, 6) is 0.302. The van der Waals surface area contributed by atoms with E-state index in [-0.39, 0.29) is 11.9 Å². The summed E-state index contributed by atoms with van der Waals surface area (Å²) in [5, 5.41) is 3.19. The molecule has 2 unspecified atom stereocenters. The van der Waals surface area contributed by atoms with Crippen molar-refractivity contribution in [1.29, 1.82) is 0 Å². The van der Waals surface area contributed by atoms with Crippen LogP contribution in [0.1, 0.15) is 30.1 Å². The topological polar surface area (TPSA) is 21.3 Å². The van der Waals surface area contributed by atoms with Crippen LogP contribution in [0.4, 0.5) is 4.39 Å². The van der Waals surface area contributed by atoms with Gasteiger partial charge in [-0.3, -0.25) is 0 Å². The zero-order chi connectivity index (χ0) is 12.3. The van der Waals surface area contributed by atoms with Crippen LogP contribution in [-0.4, -0.2) is 20.2 Å². The molecule has 0 radical (unpaired) electrons. The molecular formula is C14H20FNO. The van der Waals surface area contributed by atoms with Crippen molar-refractivity contribution in [3.63, 3.8) is 0 Å². The fraction of sp³-hybridized carbons (Fsp3) is 0.571. The first-order valence-electron chi connectivity index (χ1n) is 6.24. The molecule has 1 aliphatic heterocycles. The summed E-state index contributed by atoms with van der Waals surface area (Å²) in [5.41, 5.74) is 1.66. The van der Waals surface area contributed by atoms with Gasteiger partial charge in [0.25, 0.3) is 0 Å². The van der Waals surface area contributed by atoms with Crippen LogP contribution in [0.5, 0.6) is 0 Å². The Morgan fingerprint density at radius 3 is 3.00 bits per heavy atom. The van der Waals surface area contributed by atoms with Gasteiger partial charge >= 0.3 is 0 Å². The predicted octanol–water partition coefficient (Wildman–Crippen LogP) is 2.82. The van der Waals surface area contributed by atoms with Crippen LogP contribution < -0.4 is 5.32 Å². The highest BCUT2D eigenvalue weighted by atomic mass is 19.1. The van der Waals surface area contributed by atoms with Crippen LogP contribution in [0.2, 0.25) is 0 Å². The number of hydrogen-bond donors (Lipinski definition) is 1. The molecule has 2 rings (SSSR count). The molecule has 1 saturated heterocycles. The van der Waals surface area contributed by atoms with E-state index in [9.17, 15) is 4.39 Å². The molecule has 94 valence electrons. The number of nitrogens with one attached hydrogen (secondary N) is 1. The fourth-order valence-electron chi connectivity index (χ4n) is 2.47. The maximum absolute atomic E-state index is 13.6. The van der Waals surface area contributed by atoms with Gasteiger partial charge in [-0.25, -0.2) is 4.39 Å². The van der Waals surface area contributed by atoms with Crippen molar-refractivity contribution in [3.05, 3.63) is 35.1 Å². The van der Waals surface area contributed by atoms with Gasteiger partial charge in [-0.15, -0.1) is 0 Å².